The lowest BCUT2D eigenvalue weighted by Gasteiger charge is -2.06. The number of carbonyl (C=O) groups is 1. The molecule has 0 aromatic rings. The molecular weight excluding hydrogens is 332 g/mol. The average molecular weight is 383 g/mol. The Morgan fingerprint density at radius 2 is 0.926 bits per heavy atom. The molecule has 0 atom stereocenters. The van der Waals surface area contributed by atoms with Crippen LogP contribution in [0.15, 0.2) is 0 Å². The van der Waals surface area contributed by atoms with E-state index in [2.05, 4.69) is 27.7 Å². The Balaban J connectivity index is 3.17. The van der Waals surface area contributed by atoms with Gasteiger partial charge in [0.2, 0.25) is 0 Å². The van der Waals surface area contributed by atoms with Crippen molar-refractivity contribution < 1.29 is 9.53 Å². The van der Waals surface area contributed by atoms with Crippen molar-refractivity contribution in [2.45, 2.75) is 137 Å². The smallest absolute Gasteiger partial charge is 0.305 e. The van der Waals surface area contributed by atoms with Crippen LogP contribution in [-0.4, -0.2) is 12.6 Å². The molecule has 0 fully saturated rings. The van der Waals surface area contributed by atoms with Gasteiger partial charge in [0.1, 0.15) is 0 Å². The summed E-state index contributed by atoms with van der Waals surface area (Å²) in [5.41, 5.74) is 0. The van der Waals surface area contributed by atoms with Crippen molar-refractivity contribution in [3.05, 3.63) is 0 Å². The molecule has 27 heavy (non-hydrogen) atoms. The Bertz CT molecular complexity index is 309. The van der Waals surface area contributed by atoms with Crippen LogP contribution in [0, 0.1) is 11.8 Å². The molecule has 0 amide bonds. The van der Waals surface area contributed by atoms with E-state index in [1.54, 1.807) is 0 Å². The van der Waals surface area contributed by atoms with Crippen LogP contribution in [0.25, 0.3) is 0 Å². The molecular formula is C25H50O2. The number of rotatable bonds is 20. The van der Waals surface area contributed by atoms with Gasteiger partial charge in [-0.25, -0.2) is 0 Å². The molecule has 0 aliphatic rings. The number of esters is 1. The largest absolute Gasteiger partial charge is 0.466 e. The molecule has 2 heteroatoms. The molecule has 0 bridgehead atoms. The van der Waals surface area contributed by atoms with Gasteiger partial charge in [-0.1, -0.05) is 118 Å². The first-order valence-corrected chi connectivity index (χ1v) is 12.2. The second-order valence-corrected chi connectivity index (χ2v) is 9.29. The van der Waals surface area contributed by atoms with Crippen LogP contribution < -0.4 is 0 Å². The molecule has 0 spiro atoms. The number of ether oxygens (including phenoxy) is 1. The van der Waals surface area contributed by atoms with Crippen LogP contribution in [0.1, 0.15) is 137 Å². The zero-order chi connectivity index (χ0) is 20.2. The maximum atomic E-state index is 11.7. The summed E-state index contributed by atoms with van der Waals surface area (Å²) in [5, 5.41) is 0. The highest BCUT2D eigenvalue weighted by Gasteiger charge is 2.03. The monoisotopic (exact) mass is 382 g/mol. The van der Waals surface area contributed by atoms with E-state index in [1.165, 1.54) is 89.9 Å². The SMILES string of the molecule is CC(C)CCCCCCCCCCOC(=O)CCCCCCCCC(C)C. The van der Waals surface area contributed by atoms with Gasteiger partial charge in [0.05, 0.1) is 6.61 Å². The minimum atomic E-state index is 0.0139. The van der Waals surface area contributed by atoms with Crippen LogP contribution in [-0.2, 0) is 9.53 Å². The van der Waals surface area contributed by atoms with E-state index in [9.17, 15) is 4.79 Å². The van der Waals surface area contributed by atoms with E-state index < -0.39 is 0 Å². The van der Waals surface area contributed by atoms with E-state index in [0.717, 1.165) is 24.7 Å². The summed E-state index contributed by atoms with van der Waals surface area (Å²) in [5.74, 6) is 1.70. The Morgan fingerprint density at radius 3 is 1.37 bits per heavy atom. The van der Waals surface area contributed by atoms with E-state index in [0.29, 0.717) is 13.0 Å². The predicted molar refractivity (Wildman–Crippen MR) is 119 cm³/mol. The summed E-state index contributed by atoms with van der Waals surface area (Å²) in [6, 6.07) is 0. The summed E-state index contributed by atoms with van der Waals surface area (Å²) >= 11 is 0. The van der Waals surface area contributed by atoms with Crippen LogP contribution in [0.2, 0.25) is 0 Å². The van der Waals surface area contributed by atoms with E-state index >= 15 is 0 Å². The Hall–Kier alpha value is -0.530. The molecule has 0 saturated carbocycles. The summed E-state index contributed by atoms with van der Waals surface area (Å²) in [6.07, 6.45) is 21.2. The van der Waals surface area contributed by atoms with E-state index in [4.69, 9.17) is 4.74 Å². The van der Waals surface area contributed by atoms with Crippen molar-refractivity contribution in [2.24, 2.45) is 11.8 Å². The molecule has 0 aliphatic heterocycles. The van der Waals surface area contributed by atoms with Crippen LogP contribution in [0.4, 0.5) is 0 Å². The van der Waals surface area contributed by atoms with Gasteiger partial charge >= 0.3 is 5.97 Å². The number of hydrogen-bond acceptors (Lipinski definition) is 2. The van der Waals surface area contributed by atoms with Crippen molar-refractivity contribution in [2.75, 3.05) is 6.61 Å². The number of hydrogen-bond donors (Lipinski definition) is 0. The van der Waals surface area contributed by atoms with Crippen molar-refractivity contribution in [3.8, 4) is 0 Å². The van der Waals surface area contributed by atoms with Crippen molar-refractivity contribution in [1.82, 2.24) is 0 Å². The third-order valence-corrected chi connectivity index (χ3v) is 5.35. The molecule has 0 heterocycles. The van der Waals surface area contributed by atoms with Gasteiger partial charge in [-0.05, 0) is 24.7 Å². The topological polar surface area (TPSA) is 26.3 Å². The Morgan fingerprint density at radius 1 is 0.556 bits per heavy atom. The molecule has 0 saturated heterocycles. The minimum Gasteiger partial charge on any atom is -0.466 e. The highest BCUT2D eigenvalue weighted by molar-refractivity contribution is 5.69. The van der Waals surface area contributed by atoms with Gasteiger partial charge in [-0.3, -0.25) is 4.79 Å². The van der Waals surface area contributed by atoms with Crippen molar-refractivity contribution in [3.63, 3.8) is 0 Å². The molecule has 0 N–H and O–H groups in total. The summed E-state index contributed by atoms with van der Waals surface area (Å²) in [4.78, 5) is 11.7. The lowest BCUT2D eigenvalue weighted by molar-refractivity contribution is -0.143. The highest BCUT2D eigenvalue weighted by atomic mass is 16.5. The Labute approximate surface area is 171 Å². The third-order valence-electron chi connectivity index (χ3n) is 5.35. The fourth-order valence-corrected chi connectivity index (χ4v) is 3.50. The average Bonchev–Trinajstić information content (AvgIpc) is 2.61. The van der Waals surface area contributed by atoms with Crippen LogP contribution in [0.3, 0.4) is 0 Å². The van der Waals surface area contributed by atoms with E-state index in [1.807, 2.05) is 0 Å². The van der Waals surface area contributed by atoms with Gasteiger partial charge in [0.25, 0.3) is 0 Å². The number of carbonyl (C=O) groups excluding carboxylic acids is 1. The van der Waals surface area contributed by atoms with Gasteiger partial charge in [0, 0.05) is 6.42 Å². The van der Waals surface area contributed by atoms with Gasteiger partial charge in [0.15, 0.2) is 0 Å². The first-order chi connectivity index (χ1) is 13.0. The summed E-state index contributed by atoms with van der Waals surface area (Å²) < 4.78 is 5.36. The van der Waals surface area contributed by atoms with Crippen molar-refractivity contribution >= 4 is 5.97 Å². The van der Waals surface area contributed by atoms with Crippen LogP contribution in [0.5, 0.6) is 0 Å². The first kappa shape index (κ1) is 26.5. The van der Waals surface area contributed by atoms with Gasteiger partial charge in [-0.2, -0.15) is 0 Å². The maximum absolute atomic E-state index is 11.7. The second-order valence-electron chi connectivity index (χ2n) is 9.29. The zero-order valence-electron chi connectivity index (χ0n) is 19.2. The zero-order valence-corrected chi connectivity index (χ0v) is 19.2. The standard InChI is InChI=1S/C25H50O2/c1-23(2)19-15-11-7-5-6-10-14-18-22-27-25(26)21-17-13-9-8-12-16-20-24(3)4/h23-24H,5-22H2,1-4H3. The third kappa shape index (κ3) is 23.4. The molecule has 0 aromatic carbocycles. The lowest BCUT2D eigenvalue weighted by Crippen LogP contribution is -2.05. The molecule has 0 unspecified atom stereocenters. The predicted octanol–water partition coefficient (Wildman–Crippen LogP) is 8.47. The Kier molecular flexibility index (Phi) is 19.8. The summed E-state index contributed by atoms with van der Waals surface area (Å²) in [6.45, 7) is 9.83. The maximum Gasteiger partial charge on any atom is 0.305 e. The molecule has 0 aliphatic carbocycles. The first-order valence-electron chi connectivity index (χ1n) is 12.2. The fourth-order valence-electron chi connectivity index (χ4n) is 3.50. The molecule has 0 radical (unpaired) electrons. The molecule has 2 nitrogen and oxygen atoms in total. The van der Waals surface area contributed by atoms with Gasteiger partial charge < -0.3 is 4.74 Å². The lowest BCUT2D eigenvalue weighted by atomic mass is 10.0. The molecule has 162 valence electrons. The van der Waals surface area contributed by atoms with Crippen LogP contribution >= 0.6 is 0 Å². The number of unbranched alkanes of at least 4 members (excludes halogenated alkanes) is 12. The second kappa shape index (κ2) is 20.2. The van der Waals surface area contributed by atoms with Gasteiger partial charge in [-0.15, -0.1) is 0 Å². The molecule has 0 aromatic heterocycles. The highest BCUT2D eigenvalue weighted by Crippen LogP contribution is 2.13. The van der Waals surface area contributed by atoms with Crippen molar-refractivity contribution in [1.29, 1.82) is 0 Å². The summed E-state index contributed by atoms with van der Waals surface area (Å²) in [7, 11) is 0. The molecule has 0 rings (SSSR count). The normalized spacial score (nSPS) is 11.5. The fraction of sp³-hybridized carbons (Fsp3) is 0.960. The minimum absolute atomic E-state index is 0.0139. The quantitative estimate of drug-likeness (QED) is 0.156. The van der Waals surface area contributed by atoms with E-state index in [-0.39, 0.29) is 5.97 Å².